The SMILES string of the molecule is CCC(=CCC#N)CC#N. The van der Waals surface area contributed by atoms with Gasteiger partial charge in [0.25, 0.3) is 0 Å². The maximum Gasteiger partial charge on any atom is 0.0666 e. The molecule has 0 aliphatic rings. The maximum absolute atomic E-state index is 8.29. The van der Waals surface area contributed by atoms with Gasteiger partial charge in [0.1, 0.15) is 0 Å². The minimum absolute atomic E-state index is 0.421. The first-order valence-corrected chi connectivity index (χ1v) is 3.27. The summed E-state index contributed by atoms with van der Waals surface area (Å²) in [5.41, 5.74) is 1.06. The van der Waals surface area contributed by atoms with Crippen LogP contribution in [0, 0.1) is 22.7 Å². The van der Waals surface area contributed by atoms with Gasteiger partial charge < -0.3 is 0 Å². The predicted molar refractivity (Wildman–Crippen MR) is 38.8 cm³/mol. The Morgan fingerprint density at radius 1 is 1.40 bits per heavy atom. The molecule has 0 heterocycles. The number of nitrogens with zero attached hydrogens (tertiary/aromatic N) is 2. The highest BCUT2D eigenvalue weighted by atomic mass is 14.2. The highest BCUT2D eigenvalue weighted by Crippen LogP contribution is 2.05. The van der Waals surface area contributed by atoms with Crippen molar-refractivity contribution in [3.8, 4) is 12.1 Å². The Balaban J connectivity index is 3.84. The molecule has 2 heteroatoms. The minimum atomic E-state index is 0.421. The van der Waals surface area contributed by atoms with Crippen LogP contribution in [0.5, 0.6) is 0 Å². The molecule has 0 spiro atoms. The van der Waals surface area contributed by atoms with E-state index < -0.39 is 0 Å². The molecule has 0 rings (SSSR count). The van der Waals surface area contributed by atoms with Crippen LogP contribution in [0.3, 0.4) is 0 Å². The van der Waals surface area contributed by atoms with Gasteiger partial charge in [-0.15, -0.1) is 0 Å². The lowest BCUT2D eigenvalue weighted by atomic mass is 10.1. The number of hydrogen-bond donors (Lipinski definition) is 0. The van der Waals surface area contributed by atoms with E-state index in [0.717, 1.165) is 12.0 Å². The quantitative estimate of drug-likeness (QED) is 0.555. The van der Waals surface area contributed by atoms with Crippen LogP contribution >= 0.6 is 0 Å². The first-order valence-electron chi connectivity index (χ1n) is 3.27. The third-order valence-corrected chi connectivity index (χ3v) is 1.24. The fourth-order valence-corrected chi connectivity index (χ4v) is 0.633. The molecule has 0 saturated heterocycles. The van der Waals surface area contributed by atoms with E-state index >= 15 is 0 Å². The highest BCUT2D eigenvalue weighted by molar-refractivity contribution is 5.09. The predicted octanol–water partition coefficient (Wildman–Crippen LogP) is 2.15. The lowest BCUT2D eigenvalue weighted by molar-refractivity contribution is 1.02. The van der Waals surface area contributed by atoms with Gasteiger partial charge in [-0.05, 0) is 6.42 Å². The van der Waals surface area contributed by atoms with Crippen LogP contribution < -0.4 is 0 Å². The summed E-state index contributed by atoms with van der Waals surface area (Å²) in [6.45, 7) is 1.99. The lowest BCUT2D eigenvalue weighted by Crippen LogP contribution is -1.77. The molecule has 10 heavy (non-hydrogen) atoms. The van der Waals surface area contributed by atoms with E-state index in [1.165, 1.54) is 0 Å². The fraction of sp³-hybridized carbons (Fsp3) is 0.500. The van der Waals surface area contributed by atoms with Crippen LogP contribution in [-0.4, -0.2) is 0 Å². The number of hydrogen-bond acceptors (Lipinski definition) is 2. The van der Waals surface area contributed by atoms with Crippen molar-refractivity contribution in [2.75, 3.05) is 0 Å². The van der Waals surface area contributed by atoms with E-state index in [2.05, 4.69) is 0 Å². The van der Waals surface area contributed by atoms with Gasteiger partial charge in [-0.1, -0.05) is 18.6 Å². The van der Waals surface area contributed by atoms with E-state index in [-0.39, 0.29) is 0 Å². The van der Waals surface area contributed by atoms with Crippen LogP contribution in [0.25, 0.3) is 0 Å². The molecule has 0 bridgehead atoms. The van der Waals surface area contributed by atoms with Crippen LogP contribution in [0.1, 0.15) is 26.2 Å². The Morgan fingerprint density at radius 2 is 2.10 bits per heavy atom. The molecule has 0 aliphatic carbocycles. The molecule has 0 unspecified atom stereocenters. The second-order valence-corrected chi connectivity index (χ2v) is 1.91. The molecule has 0 fully saturated rings. The number of allylic oxidation sites excluding steroid dienone is 2. The van der Waals surface area contributed by atoms with E-state index in [4.69, 9.17) is 10.5 Å². The standard InChI is InChI=1S/C8H10N2/c1-2-8(5-7-10)4-3-6-9/h4H,2-3,5H2,1H3. The van der Waals surface area contributed by atoms with Crippen LogP contribution in [-0.2, 0) is 0 Å². The van der Waals surface area contributed by atoms with E-state index in [9.17, 15) is 0 Å². The molecule has 0 amide bonds. The molecule has 52 valence electrons. The number of rotatable bonds is 3. The molecule has 0 aliphatic heterocycles. The maximum atomic E-state index is 8.29. The summed E-state index contributed by atoms with van der Waals surface area (Å²) in [6, 6.07) is 4.06. The summed E-state index contributed by atoms with van der Waals surface area (Å²) in [6.07, 6.45) is 3.57. The van der Waals surface area contributed by atoms with Crippen molar-refractivity contribution in [1.82, 2.24) is 0 Å². The summed E-state index contributed by atoms with van der Waals surface area (Å²) in [5.74, 6) is 0. The molecule has 0 aromatic rings. The molecule has 0 aromatic carbocycles. The molecule has 0 atom stereocenters. The lowest BCUT2D eigenvalue weighted by Gasteiger charge is -1.93. The molecule has 0 aromatic heterocycles. The van der Waals surface area contributed by atoms with E-state index in [0.29, 0.717) is 12.8 Å². The van der Waals surface area contributed by atoms with Gasteiger partial charge in [0.15, 0.2) is 0 Å². The van der Waals surface area contributed by atoms with Crippen molar-refractivity contribution in [3.05, 3.63) is 11.6 Å². The van der Waals surface area contributed by atoms with Crippen molar-refractivity contribution in [2.45, 2.75) is 26.2 Å². The molecule has 2 nitrogen and oxygen atoms in total. The van der Waals surface area contributed by atoms with Gasteiger partial charge in [0, 0.05) is 0 Å². The molecular formula is C8H10N2. The Labute approximate surface area is 61.4 Å². The zero-order valence-electron chi connectivity index (χ0n) is 6.09. The Kier molecular flexibility index (Phi) is 5.10. The molecule has 0 radical (unpaired) electrons. The average molecular weight is 134 g/mol. The van der Waals surface area contributed by atoms with Crippen molar-refractivity contribution in [1.29, 1.82) is 10.5 Å². The summed E-state index contributed by atoms with van der Waals surface area (Å²) in [5, 5.41) is 16.5. The van der Waals surface area contributed by atoms with Gasteiger partial charge >= 0.3 is 0 Å². The number of nitriles is 2. The Hall–Kier alpha value is -1.28. The van der Waals surface area contributed by atoms with Crippen LogP contribution in [0.4, 0.5) is 0 Å². The largest absolute Gasteiger partial charge is 0.198 e. The summed E-state index contributed by atoms with van der Waals surface area (Å²) in [4.78, 5) is 0. The van der Waals surface area contributed by atoms with Crippen molar-refractivity contribution in [3.63, 3.8) is 0 Å². The zero-order chi connectivity index (χ0) is 7.82. The zero-order valence-corrected chi connectivity index (χ0v) is 6.09. The van der Waals surface area contributed by atoms with Crippen LogP contribution in [0.15, 0.2) is 11.6 Å². The van der Waals surface area contributed by atoms with Crippen molar-refractivity contribution >= 4 is 0 Å². The molecular weight excluding hydrogens is 124 g/mol. The minimum Gasteiger partial charge on any atom is -0.198 e. The third-order valence-electron chi connectivity index (χ3n) is 1.24. The fourth-order valence-electron chi connectivity index (χ4n) is 0.633. The van der Waals surface area contributed by atoms with Gasteiger partial charge in [0.2, 0.25) is 0 Å². The van der Waals surface area contributed by atoms with Crippen molar-refractivity contribution < 1.29 is 0 Å². The first-order chi connectivity index (χ1) is 4.85. The highest BCUT2D eigenvalue weighted by Gasteiger charge is 1.90. The molecule has 0 saturated carbocycles. The molecule has 0 N–H and O–H groups in total. The monoisotopic (exact) mass is 134 g/mol. The van der Waals surface area contributed by atoms with Crippen molar-refractivity contribution in [2.24, 2.45) is 0 Å². The first kappa shape index (κ1) is 8.72. The van der Waals surface area contributed by atoms with Gasteiger partial charge in [-0.25, -0.2) is 0 Å². The normalized spacial score (nSPS) is 10.1. The average Bonchev–Trinajstić information content (AvgIpc) is 1.98. The topological polar surface area (TPSA) is 47.6 Å². The summed E-state index contributed by atoms with van der Waals surface area (Å²) >= 11 is 0. The second-order valence-electron chi connectivity index (χ2n) is 1.91. The van der Waals surface area contributed by atoms with E-state index in [1.807, 2.05) is 25.1 Å². The smallest absolute Gasteiger partial charge is 0.0666 e. The Bertz CT molecular complexity index is 190. The summed E-state index contributed by atoms with van der Waals surface area (Å²) < 4.78 is 0. The van der Waals surface area contributed by atoms with Gasteiger partial charge in [-0.2, -0.15) is 10.5 Å². The van der Waals surface area contributed by atoms with Crippen LogP contribution in [0.2, 0.25) is 0 Å². The second kappa shape index (κ2) is 5.85. The van der Waals surface area contributed by atoms with Gasteiger partial charge in [0.05, 0.1) is 25.0 Å². The third kappa shape index (κ3) is 3.69. The van der Waals surface area contributed by atoms with Gasteiger partial charge in [-0.3, -0.25) is 0 Å². The Morgan fingerprint density at radius 3 is 2.50 bits per heavy atom. The van der Waals surface area contributed by atoms with E-state index in [1.54, 1.807) is 0 Å². The summed E-state index contributed by atoms with van der Waals surface area (Å²) in [7, 11) is 0.